The molecule has 0 fully saturated rings. The summed E-state index contributed by atoms with van der Waals surface area (Å²) in [7, 11) is 5.21. The third-order valence-corrected chi connectivity index (χ3v) is 4.96. The Morgan fingerprint density at radius 3 is 2.28 bits per heavy atom. The number of carbonyl (C=O) groups excluding carboxylic acids is 2. The van der Waals surface area contributed by atoms with Crippen LogP contribution >= 0.6 is 23.4 Å². The molecule has 0 aromatic heterocycles. The summed E-state index contributed by atoms with van der Waals surface area (Å²) in [6.07, 6.45) is 0. The number of carbonyl (C=O) groups is 2. The quantitative estimate of drug-likeness (QED) is 0.720. The Bertz CT molecular complexity index is 747. The minimum Gasteiger partial charge on any atom is -0.348 e. The van der Waals surface area contributed by atoms with Crippen LogP contribution in [0.3, 0.4) is 0 Å². The topological polar surface area (TPSA) is 40.6 Å². The van der Waals surface area contributed by atoms with Crippen molar-refractivity contribution < 1.29 is 9.59 Å². The summed E-state index contributed by atoms with van der Waals surface area (Å²) in [5.41, 5.74) is 1.61. The lowest BCUT2D eigenvalue weighted by atomic mass is 10.1. The molecule has 0 aliphatic rings. The van der Waals surface area contributed by atoms with Gasteiger partial charge < -0.3 is 9.80 Å². The fourth-order valence-corrected chi connectivity index (χ4v) is 3.33. The van der Waals surface area contributed by atoms with Crippen molar-refractivity contribution >= 4 is 35.2 Å². The Balaban J connectivity index is 2.10. The second kappa shape index (κ2) is 8.92. The molecule has 4 nitrogen and oxygen atoms in total. The molecule has 0 saturated heterocycles. The van der Waals surface area contributed by atoms with E-state index in [1.54, 1.807) is 37.0 Å². The van der Waals surface area contributed by atoms with Gasteiger partial charge in [0.2, 0.25) is 5.91 Å². The normalized spacial score (nSPS) is 10.4. The highest BCUT2D eigenvalue weighted by Crippen LogP contribution is 2.24. The first-order valence-electron chi connectivity index (χ1n) is 7.80. The molecule has 0 aliphatic heterocycles. The average molecular weight is 377 g/mol. The van der Waals surface area contributed by atoms with Gasteiger partial charge in [-0.05, 0) is 29.8 Å². The van der Waals surface area contributed by atoms with E-state index < -0.39 is 0 Å². The highest BCUT2D eigenvalue weighted by atomic mass is 35.5. The van der Waals surface area contributed by atoms with Crippen molar-refractivity contribution in [1.82, 2.24) is 9.80 Å². The van der Waals surface area contributed by atoms with Gasteiger partial charge in [0.1, 0.15) is 0 Å². The second-order valence-electron chi connectivity index (χ2n) is 5.86. The van der Waals surface area contributed by atoms with Crippen molar-refractivity contribution in [2.24, 2.45) is 0 Å². The monoisotopic (exact) mass is 376 g/mol. The van der Waals surface area contributed by atoms with Gasteiger partial charge in [0, 0.05) is 37.6 Å². The number of nitrogens with zero attached hydrogens (tertiary/aromatic N) is 2. The Kier molecular flexibility index (Phi) is 6.91. The molecule has 0 N–H and O–H groups in total. The largest absolute Gasteiger partial charge is 0.348 e. The number of hydrogen-bond donors (Lipinski definition) is 0. The summed E-state index contributed by atoms with van der Waals surface area (Å²) in [5.74, 6) is 0.246. The lowest BCUT2D eigenvalue weighted by molar-refractivity contribution is -0.125. The van der Waals surface area contributed by atoms with Gasteiger partial charge in [-0.1, -0.05) is 35.9 Å². The SMILES string of the molecule is CN(C)C(=O)CSc1ccccc1C(=O)N(C)Cc1ccc(Cl)cc1. The van der Waals surface area contributed by atoms with Crippen LogP contribution in [0.1, 0.15) is 15.9 Å². The minimum absolute atomic E-state index is 0.0155. The highest BCUT2D eigenvalue weighted by molar-refractivity contribution is 8.00. The molecule has 0 aliphatic carbocycles. The van der Waals surface area contributed by atoms with Gasteiger partial charge in [0.15, 0.2) is 0 Å². The van der Waals surface area contributed by atoms with E-state index in [1.165, 1.54) is 11.8 Å². The lowest BCUT2D eigenvalue weighted by Gasteiger charge is -2.19. The summed E-state index contributed by atoms with van der Waals surface area (Å²) in [6, 6.07) is 14.8. The van der Waals surface area contributed by atoms with Crippen LogP contribution in [0.5, 0.6) is 0 Å². The van der Waals surface area contributed by atoms with E-state index in [0.717, 1.165) is 10.5 Å². The predicted molar refractivity (Wildman–Crippen MR) is 103 cm³/mol. The Morgan fingerprint density at radius 1 is 1.00 bits per heavy atom. The zero-order valence-corrected chi connectivity index (χ0v) is 16.1. The summed E-state index contributed by atoms with van der Waals surface area (Å²) < 4.78 is 0. The molecule has 0 spiro atoms. The van der Waals surface area contributed by atoms with Crippen molar-refractivity contribution in [1.29, 1.82) is 0 Å². The van der Waals surface area contributed by atoms with Crippen LogP contribution in [0.25, 0.3) is 0 Å². The van der Waals surface area contributed by atoms with Gasteiger partial charge in [-0.25, -0.2) is 0 Å². The summed E-state index contributed by atoms with van der Waals surface area (Å²) >= 11 is 7.28. The van der Waals surface area contributed by atoms with Gasteiger partial charge in [-0.15, -0.1) is 11.8 Å². The number of rotatable bonds is 6. The number of halogens is 1. The maximum atomic E-state index is 12.8. The summed E-state index contributed by atoms with van der Waals surface area (Å²) in [4.78, 5) is 28.6. The van der Waals surface area contributed by atoms with Gasteiger partial charge in [-0.3, -0.25) is 9.59 Å². The molecule has 0 bridgehead atoms. The molecule has 2 aromatic carbocycles. The number of benzene rings is 2. The molecule has 0 saturated carbocycles. The van der Waals surface area contributed by atoms with Crippen molar-refractivity contribution in [3.05, 3.63) is 64.7 Å². The molecule has 0 atom stereocenters. The van der Waals surface area contributed by atoms with Crippen LogP contribution in [-0.2, 0) is 11.3 Å². The van der Waals surface area contributed by atoms with E-state index in [9.17, 15) is 9.59 Å². The molecule has 132 valence electrons. The fraction of sp³-hybridized carbons (Fsp3) is 0.263. The van der Waals surface area contributed by atoms with E-state index >= 15 is 0 Å². The molecule has 0 radical (unpaired) electrons. The number of amides is 2. The molecule has 25 heavy (non-hydrogen) atoms. The molecular formula is C19H21ClN2O2S. The first-order chi connectivity index (χ1) is 11.9. The van der Waals surface area contributed by atoms with E-state index in [4.69, 9.17) is 11.6 Å². The Labute approximate surface area is 157 Å². The van der Waals surface area contributed by atoms with E-state index in [-0.39, 0.29) is 11.8 Å². The van der Waals surface area contributed by atoms with Crippen molar-refractivity contribution in [2.75, 3.05) is 26.9 Å². The maximum Gasteiger partial charge on any atom is 0.255 e. The third kappa shape index (κ3) is 5.51. The van der Waals surface area contributed by atoms with Crippen LogP contribution in [0.2, 0.25) is 5.02 Å². The lowest BCUT2D eigenvalue weighted by Crippen LogP contribution is -2.27. The smallest absolute Gasteiger partial charge is 0.255 e. The summed E-state index contributed by atoms with van der Waals surface area (Å²) in [5, 5.41) is 0.671. The molecule has 0 unspecified atom stereocenters. The zero-order valence-electron chi connectivity index (χ0n) is 14.5. The number of thioether (sulfide) groups is 1. The zero-order chi connectivity index (χ0) is 18.4. The van der Waals surface area contributed by atoms with Crippen LogP contribution in [0.4, 0.5) is 0 Å². The van der Waals surface area contributed by atoms with Crippen LogP contribution in [-0.4, -0.2) is 48.5 Å². The standard InChI is InChI=1S/C19H21ClN2O2S/c1-21(2)18(23)13-25-17-7-5-4-6-16(17)19(24)22(3)12-14-8-10-15(20)11-9-14/h4-11H,12-13H2,1-3H3. The van der Waals surface area contributed by atoms with Crippen LogP contribution < -0.4 is 0 Å². The highest BCUT2D eigenvalue weighted by Gasteiger charge is 2.17. The second-order valence-corrected chi connectivity index (χ2v) is 7.31. The average Bonchev–Trinajstić information content (AvgIpc) is 2.61. The van der Waals surface area contributed by atoms with Gasteiger partial charge >= 0.3 is 0 Å². The molecule has 6 heteroatoms. The summed E-state index contributed by atoms with van der Waals surface area (Å²) in [6.45, 7) is 0.492. The molecule has 2 amide bonds. The molecular weight excluding hydrogens is 356 g/mol. The third-order valence-electron chi connectivity index (χ3n) is 3.65. The van der Waals surface area contributed by atoms with Gasteiger partial charge in [0.25, 0.3) is 5.91 Å². The van der Waals surface area contributed by atoms with Crippen molar-refractivity contribution in [2.45, 2.75) is 11.4 Å². The first-order valence-corrected chi connectivity index (χ1v) is 9.16. The van der Waals surface area contributed by atoms with E-state index in [1.807, 2.05) is 42.5 Å². The maximum absolute atomic E-state index is 12.8. The van der Waals surface area contributed by atoms with Crippen molar-refractivity contribution in [3.8, 4) is 0 Å². The number of hydrogen-bond acceptors (Lipinski definition) is 3. The Morgan fingerprint density at radius 2 is 1.64 bits per heavy atom. The molecule has 2 aromatic rings. The van der Waals surface area contributed by atoms with Crippen LogP contribution in [0.15, 0.2) is 53.4 Å². The molecule has 0 heterocycles. The van der Waals surface area contributed by atoms with E-state index in [2.05, 4.69) is 0 Å². The van der Waals surface area contributed by atoms with Gasteiger partial charge in [0.05, 0.1) is 11.3 Å². The van der Waals surface area contributed by atoms with Crippen molar-refractivity contribution in [3.63, 3.8) is 0 Å². The minimum atomic E-state index is -0.0737. The molecule has 2 rings (SSSR count). The first kappa shape index (κ1) is 19.3. The Hall–Kier alpha value is -1.98. The van der Waals surface area contributed by atoms with Gasteiger partial charge in [-0.2, -0.15) is 0 Å². The van der Waals surface area contributed by atoms with E-state index in [0.29, 0.717) is 22.9 Å². The fourth-order valence-electron chi connectivity index (χ4n) is 2.18. The predicted octanol–water partition coefficient (Wildman–Crippen LogP) is 3.79. The van der Waals surface area contributed by atoms with Crippen LogP contribution in [0, 0.1) is 0 Å².